The third-order valence-corrected chi connectivity index (χ3v) is 8.06. The van der Waals surface area contributed by atoms with Crippen molar-refractivity contribution in [3.8, 4) is 11.5 Å². The molecule has 7 heteroatoms. The van der Waals surface area contributed by atoms with Gasteiger partial charge in [0.1, 0.15) is 5.75 Å². The molecule has 0 aromatic heterocycles. The molecule has 1 unspecified atom stereocenters. The van der Waals surface area contributed by atoms with E-state index < -0.39 is 13.3 Å². The van der Waals surface area contributed by atoms with Gasteiger partial charge in [0.05, 0.1) is 5.66 Å². The molecule has 1 fully saturated rings. The lowest BCUT2D eigenvalue weighted by molar-refractivity contribution is -0.111. The van der Waals surface area contributed by atoms with Crippen LogP contribution in [0, 0.1) is 13.8 Å². The van der Waals surface area contributed by atoms with E-state index in [1.165, 1.54) is 29.5 Å². The fraction of sp³-hybridized carbons (Fsp3) is 0.520. The van der Waals surface area contributed by atoms with Gasteiger partial charge in [-0.25, -0.2) is 0 Å². The first-order chi connectivity index (χ1) is 15.3. The van der Waals surface area contributed by atoms with Crippen LogP contribution in [0.25, 0.3) is 0 Å². The molecule has 0 heterocycles. The fourth-order valence-corrected chi connectivity index (χ4v) is 5.30. The van der Waals surface area contributed by atoms with E-state index in [-0.39, 0.29) is 6.79 Å². The van der Waals surface area contributed by atoms with Crippen molar-refractivity contribution in [3.05, 3.63) is 58.1 Å². The van der Waals surface area contributed by atoms with Gasteiger partial charge >= 0.3 is 7.60 Å². The minimum atomic E-state index is -3.83. The molecule has 2 aromatic rings. The molecule has 176 valence electrons. The largest absolute Gasteiger partial charge is 0.467 e. The van der Waals surface area contributed by atoms with Crippen LogP contribution < -0.4 is 9.62 Å². The Bertz CT molecular complexity index is 942. The Kier molecular flexibility index (Phi) is 8.40. The molecule has 0 amide bonds. The molecule has 0 radical (unpaired) electrons. The highest BCUT2D eigenvalue weighted by atomic mass is 31.2. The van der Waals surface area contributed by atoms with Crippen LogP contribution >= 0.6 is 7.60 Å². The second kappa shape index (κ2) is 10.8. The molecule has 3 rings (SSSR count). The summed E-state index contributed by atoms with van der Waals surface area (Å²) in [4.78, 5) is 15.5. The lowest BCUT2D eigenvalue weighted by Crippen LogP contribution is -2.10. The summed E-state index contributed by atoms with van der Waals surface area (Å²) in [6, 6.07) is 10.1. The third kappa shape index (κ3) is 6.14. The Morgan fingerprint density at radius 2 is 1.75 bits per heavy atom. The maximum Gasteiger partial charge on any atom is 0.369 e. The zero-order chi connectivity index (χ0) is 23.3. The minimum absolute atomic E-state index is 0.249. The van der Waals surface area contributed by atoms with E-state index in [1.54, 1.807) is 7.11 Å². The van der Waals surface area contributed by atoms with Crippen LogP contribution in [-0.4, -0.2) is 24.5 Å². The number of hydrogen-bond donors (Lipinski definition) is 1. The number of ether oxygens (including phenoxy) is 2. The van der Waals surface area contributed by atoms with E-state index in [0.29, 0.717) is 24.5 Å². The first-order valence-corrected chi connectivity index (χ1v) is 13.0. The van der Waals surface area contributed by atoms with E-state index in [1.807, 2.05) is 45.9 Å². The van der Waals surface area contributed by atoms with E-state index in [2.05, 4.69) is 12.1 Å². The second-order valence-corrected chi connectivity index (χ2v) is 10.6. The van der Waals surface area contributed by atoms with Gasteiger partial charge in [0, 0.05) is 7.11 Å². The van der Waals surface area contributed by atoms with Gasteiger partial charge in [-0.15, -0.1) is 0 Å². The summed E-state index contributed by atoms with van der Waals surface area (Å²) < 4.78 is 28.2. The first-order valence-electron chi connectivity index (χ1n) is 11.3. The molecule has 1 saturated carbocycles. The second-order valence-electron chi connectivity index (χ2n) is 8.60. The van der Waals surface area contributed by atoms with Gasteiger partial charge in [-0.3, -0.25) is 4.57 Å². The maximum atomic E-state index is 12.4. The zero-order valence-corrected chi connectivity index (χ0v) is 20.6. The SMILES string of the molecule is CCC(CC)P(=O)(O)OOc1cc(C)c(Cc2ccc(OCOC)c(C3CC3)c2)c(C)c1. The van der Waals surface area contributed by atoms with E-state index in [0.717, 1.165) is 23.3 Å². The molecule has 32 heavy (non-hydrogen) atoms. The van der Waals surface area contributed by atoms with Crippen LogP contribution in [0.15, 0.2) is 30.3 Å². The fourth-order valence-electron chi connectivity index (χ4n) is 4.07. The van der Waals surface area contributed by atoms with Gasteiger partial charge in [-0.1, -0.05) is 30.7 Å². The van der Waals surface area contributed by atoms with Crippen molar-refractivity contribution in [1.82, 2.24) is 0 Å². The highest BCUT2D eigenvalue weighted by Crippen LogP contribution is 2.50. The Morgan fingerprint density at radius 3 is 2.31 bits per heavy atom. The van der Waals surface area contributed by atoms with Crippen molar-refractivity contribution >= 4 is 7.60 Å². The molecule has 1 atom stereocenters. The van der Waals surface area contributed by atoms with Crippen molar-refractivity contribution in [2.75, 3.05) is 13.9 Å². The van der Waals surface area contributed by atoms with E-state index >= 15 is 0 Å². The van der Waals surface area contributed by atoms with Crippen LogP contribution in [-0.2, 0) is 20.4 Å². The molecule has 0 aliphatic heterocycles. The standard InChI is InChI=1S/C25H35O6P/c1-6-22(7-2)32(26,27)31-30-21-12-17(3)23(18(4)13-21)14-19-8-11-25(29-16-28-5)24(15-19)20-9-10-20/h8,11-13,15,20,22H,6-7,9-10,14,16H2,1-5H3,(H,26,27). The lowest BCUT2D eigenvalue weighted by atomic mass is 9.94. The molecule has 0 bridgehead atoms. The number of benzene rings is 2. The van der Waals surface area contributed by atoms with Crippen LogP contribution in [0.5, 0.6) is 11.5 Å². The van der Waals surface area contributed by atoms with Gasteiger partial charge < -0.3 is 19.3 Å². The van der Waals surface area contributed by atoms with Crippen LogP contribution in [0.3, 0.4) is 0 Å². The molecule has 1 aliphatic rings. The molecule has 1 aliphatic carbocycles. The lowest BCUT2D eigenvalue weighted by Gasteiger charge is -2.19. The van der Waals surface area contributed by atoms with Crippen molar-refractivity contribution < 1.29 is 28.5 Å². The molecule has 2 aromatic carbocycles. The minimum Gasteiger partial charge on any atom is -0.467 e. The number of rotatable bonds is 12. The Hall–Kier alpha value is -1.85. The van der Waals surface area contributed by atoms with Crippen molar-refractivity contribution in [1.29, 1.82) is 0 Å². The van der Waals surface area contributed by atoms with Gasteiger partial charge in [-0.2, -0.15) is 0 Å². The average Bonchev–Trinajstić information content (AvgIpc) is 3.60. The predicted octanol–water partition coefficient (Wildman–Crippen LogP) is 6.44. The van der Waals surface area contributed by atoms with Crippen LogP contribution in [0.4, 0.5) is 0 Å². The summed E-state index contributed by atoms with van der Waals surface area (Å²) >= 11 is 0. The average molecular weight is 463 g/mol. The summed E-state index contributed by atoms with van der Waals surface area (Å²) in [5, 5.41) is 0. The normalized spacial score (nSPS) is 15.6. The third-order valence-electron chi connectivity index (χ3n) is 6.12. The van der Waals surface area contributed by atoms with Gasteiger partial charge in [0.25, 0.3) is 0 Å². The van der Waals surface area contributed by atoms with Gasteiger partial charge in [0.2, 0.25) is 0 Å². The van der Waals surface area contributed by atoms with Crippen molar-refractivity contribution in [3.63, 3.8) is 0 Å². The molecule has 0 saturated heterocycles. The zero-order valence-electron chi connectivity index (χ0n) is 19.7. The Labute approximate surface area is 191 Å². The highest BCUT2D eigenvalue weighted by molar-refractivity contribution is 7.53. The van der Waals surface area contributed by atoms with Gasteiger partial charge in [0.15, 0.2) is 12.5 Å². The molecular weight excluding hydrogens is 427 g/mol. The maximum absolute atomic E-state index is 12.4. The first kappa shape index (κ1) is 24.8. The summed E-state index contributed by atoms with van der Waals surface area (Å²) in [6.45, 7) is 8.03. The molecular formula is C25H35O6P. The molecule has 0 spiro atoms. The van der Waals surface area contributed by atoms with Crippen LogP contribution in [0.1, 0.15) is 73.3 Å². The highest BCUT2D eigenvalue weighted by Gasteiger charge is 2.32. The monoisotopic (exact) mass is 462 g/mol. The molecule has 6 nitrogen and oxygen atoms in total. The number of aryl methyl sites for hydroxylation is 2. The Balaban J connectivity index is 1.74. The smallest absolute Gasteiger partial charge is 0.369 e. The number of hydrogen-bond acceptors (Lipinski definition) is 5. The summed E-state index contributed by atoms with van der Waals surface area (Å²) in [5.74, 6) is 1.91. The summed E-state index contributed by atoms with van der Waals surface area (Å²) in [7, 11) is -2.20. The van der Waals surface area contributed by atoms with Gasteiger partial charge in [-0.05, 0) is 97.9 Å². The quantitative estimate of drug-likeness (QED) is 0.169. The van der Waals surface area contributed by atoms with Crippen molar-refractivity contribution in [2.45, 2.75) is 71.4 Å². The summed E-state index contributed by atoms with van der Waals surface area (Å²) in [6.07, 6.45) is 4.30. The Morgan fingerprint density at radius 1 is 1.09 bits per heavy atom. The predicted molar refractivity (Wildman–Crippen MR) is 126 cm³/mol. The van der Waals surface area contributed by atoms with Crippen molar-refractivity contribution in [2.24, 2.45) is 0 Å². The van der Waals surface area contributed by atoms with Crippen LogP contribution in [0.2, 0.25) is 0 Å². The molecule has 1 N–H and O–H groups in total. The van der Waals surface area contributed by atoms with E-state index in [4.69, 9.17) is 19.0 Å². The van der Waals surface area contributed by atoms with E-state index in [9.17, 15) is 9.46 Å². The summed E-state index contributed by atoms with van der Waals surface area (Å²) in [5.41, 5.74) is 5.35. The number of methoxy groups -OCH3 is 1. The topological polar surface area (TPSA) is 74.2 Å².